The molecule has 17 nitrogen and oxygen atoms in total. The van der Waals surface area contributed by atoms with E-state index in [0.29, 0.717) is 69.8 Å². The largest absolute Gasteiger partial charge is 0.460 e. The molecule has 3 aliphatic heterocycles. The Morgan fingerprint density at radius 3 is 2.21 bits per heavy atom. The Hall–Kier alpha value is -3.94. The van der Waals surface area contributed by atoms with Crippen molar-refractivity contribution < 1.29 is 77.6 Å². The van der Waals surface area contributed by atoms with Gasteiger partial charge in [0.2, 0.25) is 5.79 Å². The minimum atomic E-state index is -2.47. The SMILES string of the molecule is CO[C@H]1C[C@@H]2CC[C@@H](C)[C@@](O)(O2)C(=O)C(=O)N2CCCC[C@@H]2C(=O)O[C@H]([C@@H](C)C[C@@H]2CC[C@@H](OC(=O)C(C)(CO)CO)[C@@H](OC)C2)CC(=O)[C@H](C)/C=C(/C)C(O)[C@H](OC)C(=O)[C@H](C)C[C@H](C)/C=C/C=C/C=C\1C. The lowest BCUT2D eigenvalue weighted by Gasteiger charge is -2.42. The van der Waals surface area contributed by atoms with Crippen molar-refractivity contribution in [2.75, 3.05) is 41.1 Å². The van der Waals surface area contributed by atoms with E-state index in [2.05, 4.69) is 0 Å². The highest BCUT2D eigenvalue weighted by Gasteiger charge is 2.53. The number of carbonyl (C=O) groups excluding carboxylic acids is 6. The first-order valence-electron chi connectivity index (χ1n) is 26.4. The number of allylic oxidation sites excluding steroid dienone is 6. The third-order valence-electron chi connectivity index (χ3n) is 15.9. The lowest BCUT2D eigenvalue weighted by Crippen LogP contribution is -2.61. The average molecular weight is 1030 g/mol. The number of ether oxygens (including phenoxy) is 6. The first-order valence-corrected chi connectivity index (χ1v) is 26.4. The minimum absolute atomic E-state index is 0.00697. The van der Waals surface area contributed by atoms with Crippen LogP contribution in [0.2, 0.25) is 0 Å². The van der Waals surface area contributed by atoms with Crippen LogP contribution in [-0.4, -0.2) is 156 Å². The lowest BCUT2D eigenvalue weighted by atomic mass is 9.78. The fourth-order valence-corrected chi connectivity index (χ4v) is 10.7. The number of cyclic esters (lactones) is 1. The molecule has 73 heavy (non-hydrogen) atoms. The lowest BCUT2D eigenvalue weighted by molar-refractivity contribution is -0.265. The van der Waals surface area contributed by atoms with E-state index in [4.69, 9.17) is 28.4 Å². The molecule has 0 aromatic rings. The van der Waals surface area contributed by atoms with Gasteiger partial charge < -0.3 is 53.7 Å². The summed E-state index contributed by atoms with van der Waals surface area (Å²) in [6.07, 6.45) is 9.76. The zero-order valence-corrected chi connectivity index (χ0v) is 45.3. The number of carbonyl (C=O) groups is 6. The topological polar surface area (TPSA) is 242 Å². The molecular formula is C56H87NO16. The maximum absolute atomic E-state index is 14.5. The van der Waals surface area contributed by atoms with E-state index in [-0.39, 0.29) is 42.8 Å². The van der Waals surface area contributed by atoms with Crippen LogP contribution < -0.4 is 0 Å². The molecule has 3 heterocycles. The number of nitrogens with zero attached hydrogens (tertiary/aromatic N) is 1. The van der Waals surface area contributed by atoms with Gasteiger partial charge in [0.25, 0.3) is 11.7 Å². The molecule has 412 valence electrons. The molecule has 0 aromatic heterocycles. The fraction of sp³-hybridized carbons (Fsp3) is 0.750. The van der Waals surface area contributed by atoms with Crippen LogP contribution in [0.15, 0.2) is 47.6 Å². The molecule has 15 atom stereocenters. The number of hydrogen-bond acceptors (Lipinski definition) is 16. The van der Waals surface area contributed by atoms with Gasteiger partial charge in [-0.1, -0.05) is 71.1 Å². The van der Waals surface area contributed by atoms with Crippen molar-refractivity contribution in [3.8, 4) is 0 Å². The van der Waals surface area contributed by atoms with Crippen LogP contribution in [0, 0.1) is 40.9 Å². The predicted octanol–water partition coefficient (Wildman–Crippen LogP) is 5.72. The number of Topliss-reactive ketones (excluding diaryl/α,β-unsaturated/α-hetero) is 3. The first kappa shape index (κ1) is 61.6. The Balaban J connectivity index is 1.69. The maximum Gasteiger partial charge on any atom is 0.329 e. The van der Waals surface area contributed by atoms with Crippen LogP contribution in [0.5, 0.6) is 0 Å². The zero-order valence-electron chi connectivity index (χ0n) is 45.3. The normalized spacial score (nSPS) is 37.4. The van der Waals surface area contributed by atoms with Gasteiger partial charge in [-0.15, -0.1) is 0 Å². The molecule has 3 fully saturated rings. The van der Waals surface area contributed by atoms with Crippen LogP contribution in [-0.2, 0) is 57.2 Å². The second kappa shape index (κ2) is 28.3. The van der Waals surface area contributed by atoms with Gasteiger partial charge in [-0.05, 0) is 114 Å². The van der Waals surface area contributed by atoms with Gasteiger partial charge in [0, 0.05) is 58.5 Å². The standard InChI is InChI=1S/C56H87NO16/c1-33-17-13-12-14-18-34(2)45(68-9)29-41-22-20-39(7)56(67,73-41)51(63)52(64)57-24-16-15-19-42(57)53(65)71-46(30-43(60)35(3)26-38(6)49(62)50(70-11)48(61)37(5)25-33)36(4)27-40-21-23-44(47(28-40)69-10)72-54(66)55(8,31-58)32-59/h12-14,17-18,26,33,35-37,39-42,44-47,49-50,58-59,62,67H,15-16,19-25,27-32H2,1-11H3/b14-12+,17-13+,34-18-,38-26-/t33-,35-,36+,37-,39-,40+,41+,42-,44-,45+,46+,47+,49?,50-,56-/m1/s1. The van der Waals surface area contributed by atoms with E-state index < -0.39 is 120 Å². The molecule has 1 unspecified atom stereocenters. The van der Waals surface area contributed by atoms with E-state index in [1.54, 1.807) is 40.9 Å². The predicted molar refractivity (Wildman–Crippen MR) is 271 cm³/mol. The Bertz CT molecular complexity index is 2010. The Morgan fingerprint density at radius 1 is 0.863 bits per heavy atom. The fourth-order valence-electron chi connectivity index (χ4n) is 10.7. The summed E-state index contributed by atoms with van der Waals surface area (Å²) in [5, 5.41) is 43.1. The molecule has 0 spiro atoms. The van der Waals surface area contributed by atoms with Crippen LogP contribution in [0.1, 0.15) is 132 Å². The number of methoxy groups -OCH3 is 3. The summed E-state index contributed by atoms with van der Waals surface area (Å²) in [7, 11) is 4.43. The number of hydrogen-bond donors (Lipinski definition) is 4. The molecule has 4 rings (SSSR count). The van der Waals surface area contributed by atoms with Crippen LogP contribution in [0.3, 0.4) is 0 Å². The van der Waals surface area contributed by atoms with Gasteiger partial charge in [-0.25, -0.2) is 4.79 Å². The summed E-state index contributed by atoms with van der Waals surface area (Å²) in [6.45, 7) is 12.7. The van der Waals surface area contributed by atoms with E-state index >= 15 is 0 Å². The summed E-state index contributed by atoms with van der Waals surface area (Å²) in [5.41, 5.74) is -0.277. The highest BCUT2D eigenvalue weighted by Crippen LogP contribution is 2.38. The second-order valence-electron chi connectivity index (χ2n) is 21.8. The van der Waals surface area contributed by atoms with Crippen molar-refractivity contribution in [1.82, 2.24) is 4.90 Å². The molecule has 4 aliphatic rings. The maximum atomic E-state index is 14.5. The highest BCUT2D eigenvalue weighted by atomic mass is 16.6. The van der Waals surface area contributed by atoms with Crippen LogP contribution >= 0.6 is 0 Å². The number of fused-ring (bicyclic) bond motifs is 3. The van der Waals surface area contributed by atoms with Crippen molar-refractivity contribution in [1.29, 1.82) is 0 Å². The summed E-state index contributed by atoms with van der Waals surface area (Å²) in [4.78, 5) is 85.4. The van der Waals surface area contributed by atoms with Gasteiger partial charge in [-0.2, -0.15) is 0 Å². The monoisotopic (exact) mass is 1030 g/mol. The smallest absolute Gasteiger partial charge is 0.329 e. The summed E-state index contributed by atoms with van der Waals surface area (Å²) >= 11 is 0. The van der Waals surface area contributed by atoms with Gasteiger partial charge in [-0.3, -0.25) is 24.0 Å². The van der Waals surface area contributed by atoms with Crippen molar-refractivity contribution in [2.24, 2.45) is 40.9 Å². The first-order chi connectivity index (χ1) is 34.5. The van der Waals surface area contributed by atoms with Gasteiger partial charge in [0.1, 0.15) is 41.7 Å². The number of esters is 2. The zero-order chi connectivity index (χ0) is 54.4. The van der Waals surface area contributed by atoms with Gasteiger partial charge in [0.05, 0.1) is 31.5 Å². The van der Waals surface area contributed by atoms with Crippen molar-refractivity contribution >= 4 is 35.2 Å². The Labute approximate surface area is 433 Å². The van der Waals surface area contributed by atoms with E-state index in [1.165, 1.54) is 21.1 Å². The molecule has 4 N–H and O–H groups in total. The van der Waals surface area contributed by atoms with E-state index in [1.807, 2.05) is 51.2 Å². The molecule has 1 aliphatic carbocycles. The number of ketones is 3. The average Bonchev–Trinajstić information content (AvgIpc) is 3.37. The van der Waals surface area contributed by atoms with Gasteiger partial charge in [0.15, 0.2) is 5.78 Å². The highest BCUT2D eigenvalue weighted by molar-refractivity contribution is 6.39. The number of piperidine rings is 1. The molecule has 2 bridgehead atoms. The second-order valence-corrected chi connectivity index (χ2v) is 21.8. The molecule has 1 amide bonds. The van der Waals surface area contributed by atoms with Crippen molar-refractivity contribution in [3.63, 3.8) is 0 Å². The van der Waals surface area contributed by atoms with Crippen molar-refractivity contribution in [2.45, 2.75) is 187 Å². The molecule has 17 heteroatoms. The molecule has 0 aromatic carbocycles. The van der Waals surface area contributed by atoms with E-state index in [0.717, 1.165) is 10.5 Å². The van der Waals surface area contributed by atoms with Gasteiger partial charge >= 0.3 is 11.9 Å². The Kier molecular flexibility index (Phi) is 23.9. The van der Waals surface area contributed by atoms with Crippen LogP contribution in [0.4, 0.5) is 0 Å². The molecule has 1 saturated carbocycles. The molecule has 2 saturated heterocycles. The summed E-state index contributed by atoms with van der Waals surface area (Å²) < 4.78 is 35.4. The molecule has 0 radical (unpaired) electrons. The Morgan fingerprint density at radius 2 is 1.56 bits per heavy atom. The quantitative estimate of drug-likeness (QED) is 0.116. The van der Waals surface area contributed by atoms with E-state index in [9.17, 15) is 49.2 Å². The number of aliphatic hydroxyl groups excluding tert-OH is 3. The third kappa shape index (κ3) is 16.0. The number of amides is 1. The minimum Gasteiger partial charge on any atom is -0.460 e. The molecular weight excluding hydrogens is 943 g/mol. The third-order valence-corrected chi connectivity index (χ3v) is 15.9. The number of rotatable bonds is 10. The summed E-state index contributed by atoms with van der Waals surface area (Å²) in [6, 6.07) is -1.20. The number of aliphatic hydroxyl groups is 4. The van der Waals surface area contributed by atoms with Crippen LogP contribution in [0.25, 0.3) is 0 Å². The summed E-state index contributed by atoms with van der Waals surface area (Å²) in [5.74, 6) is -9.36. The van der Waals surface area contributed by atoms with Crippen molar-refractivity contribution in [3.05, 3.63) is 47.6 Å².